The van der Waals surface area contributed by atoms with E-state index >= 15 is 0 Å². The van der Waals surface area contributed by atoms with Crippen molar-refractivity contribution in [3.05, 3.63) is 0 Å². The maximum absolute atomic E-state index is 11.1. The van der Waals surface area contributed by atoms with E-state index in [1.54, 1.807) is 14.1 Å². The highest BCUT2D eigenvalue weighted by atomic mass is 16.2. The molecule has 0 aliphatic heterocycles. The van der Waals surface area contributed by atoms with Crippen molar-refractivity contribution in [3.63, 3.8) is 0 Å². The molecule has 0 aromatic carbocycles. The summed E-state index contributed by atoms with van der Waals surface area (Å²) in [5.74, 6) is 0. The van der Waals surface area contributed by atoms with E-state index in [1.165, 1.54) is 4.90 Å². The Morgan fingerprint density at radius 3 is 2.33 bits per heavy atom. The first-order chi connectivity index (χ1) is 7.09. The number of hydrogen-bond donors (Lipinski definition) is 3. The van der Waals surface area contributed by atoms with E-state index in [0.717, 1.165) is 12.8 Å². The van der Waals surface area contributed by atoms with E-state index in [4.69, 9.17) is 0 Å². The zero-order chi connectivity index (χ0) is 11.3. The van der Waals surface area contributed by atoms with Crippen molar-refractivity contribution in [2.24, 2.45) is 0 Å². The van der Waals surface area contributed by atoms with Gasteiger partial charge in [-0.3, -0.25) is 0 Å². The summed E-state index contributed by atoms with van der Waals surface area (Å²) >= 11 is 0. The fraction of sp³-hybridized carbons (Fsp3) is 0.778. The van der Waals surface area contributed by atoms with Gasteiger partial charge in [-0.1, -0.05) is 0 Å². The number of urea groups is 2. The lowest BCUT2D eigenvalue weighted by molar-refractivity contribution is 0.217. The van der Waals surface area contributed by atoms with Gasteiger partial charge in [0, 0.05) is 33.2 Å². The molecule has 3 N–H and O–H groups in total. The second-order valence-electron chi connectivity index (χ2n) is 3.80. The highest BCUT2D eigenvalue weighted by molar-refractivity contribution is 5.75. The molecule has 1 aliphatic rings. The Labute approximate surface area is 89.4 Å². The summed E-state index contributed by atoms with van der Waals surface area (Å²) in [7, 11) is 3.34. The Morgan fingerprint density at radius 2 is 1.80 bits per heavy atom. The molecule has 0 aromatic rings. The van der Waals surface area contributed by atoms with Crippen LogP contribution in [0.5, 0.6) is 0 Å². The highest BCUT2D eigenvalue weighted by Gasteiger charge is 2.22. The van der Waals surface area contributed by atoms with Gasteiger partial charge in [0.15, 0.2) is 0 Å². The van der Waals surface area contributed by atoms with E-state index in [9.17, 15) is 9.59 Å². The quantitative estimate of drug-likeness (QED) is 0.563. The topological polar surface area (TPSA) is 73.5 Å². The number of nitrogens with one attached hydrogen (secondary N) is 3. The summed E-state index contributed by atoms with van der Waals surface area (Å²) < 4.78 is 0. The minimum atomic E-state index is -0.156. The first-order valence-electron chi connectivity index (χ1n) is 5.09. The Hall–Kier alpha value is -1.46. The fourth-order valence-electron chi connectivity index (χ4n) is 0.968. The predicted molar refractivity (Wildman–Crippen MR) is 56.6 cm³/mol. The minimum Gasteiger partial charge on any atom is -0.336 e. The molecule has 6 heteroatoms. The number of carbonyl (C=O) groups is 2. The zero-order valence-corrected chi connectivity index (χ0v) is 9.17. The van der Waals surface area contributed by atoms with Crippen LogP contribution in [-0.4, -0.2) is 50.2 Å². The molecule has 86 valence electrons. The molecule has 15 heavy (non-hydrogen) atoms. The van der Waals surface area contributed by atoms with Gasteiger partial charge in [-0.2, -0.15) is 0 Å². The van der Waals surface area contributed by atoms with Crippen LogP contribution < -0.4 is 16.0 Å². The minimum absolute atomic E-state index is 0.153. The summed E-state index contributed by atoms with van der Waals surface area (Å²) in [4.78, 5) is 23.6. The molecule has 6 nitrogen and oxygen atoms in total. The van der Waals surface area contributed by atoms with Crippen molar-refractivity contribution >= 4 is 12.1 Å². The second kappa shape index (κ2) is 5.43. The molecular formula is C9H18N4O2. The van der Waals surface area contributed by atoms with Gasteiger partial charge in [-0.25, -0.2) is 9.59 Å². The Bertz CT molecular complexity index is 238. The van der Waals surface area contributed by atoms with Gasteiger partial charge in [-0.05, 0) is 12.8 Å². The van der Waals surface area contributed by atoms with E-state index in [1.807, 2.05) is 0 Å². The zero-order valence-electron chi connectivity index (χ0n) is 9.17. The van der Waals surface area contributed by atoms with E-state index in [-0.39, 0.29) is 12.1 Å². The smallest absolute Gasteiger partial charge is 0.316 e. The predicted octanol–water partition coefficient (Wildman–Crippen LogP) is -0.281. The average molecular weight is 214 g/mol. The third kappa shape index (κ3) is 5.09. The van der Waals surface area contributed by atoms with Crippen LogP contribution in [0, 0.1) is 0 Å². The lowest BCUT2D eigenvalue weighted by Crippen LogP contribution is -2.43. The molecule has 0 saturated heterocycles. The van der Waals surface area contributed by atoms with Crippen LogP contribution in [0.25, 0.3) is 0 Å². The van der Waals surface area contributed by atoms with Crippen LogP contribution in [0.2, 0.25) is 0 Å². The lowest BCUT2D eigenvalue weighted by Gasteiger charge is -2.12. The van der Waals surface area contributed by atoms with E-state index in [2.05, 4.69) is 16.0 Å². The molecule has 0 spiro atoms. The number of carbonyl (C=O) groups excluding carboxylic acids is 2. The van der Waals surface area contributed by atoms with Gasteiger partial charge in [0.05, 0.1) is 0 Å². The average Bonchev–Trinajstić information content (AvgIpc) is 2.95. The molecule has 0 heterocycles. The summed E-state index contributed by atoms with van der Waals surface area (Å²) in [6.45, 7) is 0.882. The Kier molecular flexibility index (Phi) is 4.20. The maximum atomic E-state index is 11.1. The molecule has 0 aromatic heterocycles. The van der Waals surface area contributed by atoms with Crippen LogP contribution in [0.3, 0.4) is 0 Å². The van der Waals surface area contributed by atoms with E-state index in [0.29, 0.717) is 19.1 Å². The van der Waals surface area contributed by atoms with Crippen LogP contribution >= 0.6 is 0 Å². The Morgan fingerprint density at radius 1 is 1.20 bits per heavy atom. The molecule has 0 atom stereocenters. The normalized spacial score (nSPS) is 14.3. The van der Waals surface area contributed by atoms with Crippen molar-refractivity contribution in [2.45, 2.75) is 18.9 Å². The van der Waals surface area contributed by atoms with E-state index < -0.39 is 0 Å². The third-order valence-corrected chi connectivity index (χ3v) is 2.01. The van der Waals surface area contributed by atoms with Crippen molar-refractivity contribution in [1.29, 1.82) is 0 Å². The first-order valence-corrected chi connectivity index (χ1v) is 5.09. The molecule has 1 rings (SSSR count). The number of rotatable bonds is 4. The van der Waals surface area contributed by atoms with Crippen LogP contribution in [0.15, 0.2) is 0 Å². The summed E-state index contributed by atoms with van der Waals surface area (Å²) in [5, 5.41) is 8.11. The van der Waals surface area contributed by atoms with Gasteiger partial charge in [-0.15, -0.1) is 0 Å². The standard InChI is InChI=1S/C9H18N4O2/c1-13(2)9(15)11-6-5-10-8(14)12-7-3-4-7/h7H,3-6H2,1-2H3,(H,11,15)(H2,10,12,14). The van der Waals surface area contributed by atoms with Gasteiger partial charge < -0.3 is 20.9 Å². The van der Waals surface area contributed by atoms with Gasteiger partial charge in [0.25, 0.3) is 0 Å². The monoisotopic (exact) mass is 214 g/mol. The molecule has 0 unspecified atom stereocenters. The summed E-state index contributed by atoms with van der Waals surface area (Å²) in [6, 6.07) is 0.0531. The summed E-state index contributed by atoms with van der Waals surface area (Å²) in [5.41, 5.74) is 0. The Balaban J connectivity index is 1.95. The molecule has 1 saturated carbocycles. The van der Waals surface area contributed by atoms with Crippen LogP contribution in [0.1, 0.15) is 12.8 Å². The molecule has 4 amide bonds. The van der Waals surface area contributed by atoms with Crippen molar-refractivity contribution in [3.8, 4) is 0 Å². The maximum Gasteiger partial charge on any atom is 0.316 e. The van der Waals surface area contributed by atoms with Gasteiger partial charge in [0.2, 0.25) is 0 Å². The molecule has 1 fully saturated rings. The molecular weight excluding hydrogens is 196 g/mol. The van der Waals surface area contributed by atoms with Gasteiger partial charge in [0.1, 0.15) is 0 Å². The fourth-order valence-corrected chi connectivity index (χ4v) is 0.968. The molecule has 0 radical (unpaired) electrons. The number of amides is 4. The van der Waals surface area contributed by atoms with Crippen LogP contribution in [0.4, 0.5) is 9.59 Å². The summed E-state index contributed by atoms with van der Waals surface area (Å²) in [6.07, 6.45) is 2.15. The first kappa shape index (κ1) is 11.6. The SMILES string of the molecule is CN(C)C(=O)NCCNC(=O)NC1CC1. The van der Waals surface area contributed by atoms with Gasteiger partial charge >= 0.3 is 12.1 Å². The molecule has 1 aliphatic carbocycles. The molecule has 0 bridgehead atoms. The second-order valence-corrected chi connectivity index (χ2v) is 3.80. The largest absolute Gasteiger partial charge is 0.336 e. The third-order valence-electron chi connectivity index (χ3n) is 2.01. The highest BCUT2D eigenvalue weighted by Crippen LogP contribution is 2.17. The lowest BCUT2D eigenvalue weighted by atomic mass is 10.6. The van der Waals surface area contributed by atoms with Crippen LogP contribution in [-0.2, 0) is 0 Å². The van der Waals surface area contributed by atoms with Crippen molar-refractivity contribution in [1.82, 2.24) is 20.9 Å². The van der Waals surface area contributed by atoms with Crippen molar-refractivity contribution in [2.75, 3.05) is 27.2 Å². The number of hydrogen-bond acceptors (Lipinski definition) is 2. The van der Waals surface area contributed by atoms with Crippen molar-refractivity contribution < 1.29 is 9.59 Å². The number of nitrogens with zero attached hydrogens (tertiary/aromatic N) is 1.